The summed E-state index contributed by atoms with van der Waals surface area (Å²) in [5.74, 6) is 0.137. The van der Waals surface area contributed by atoms with Crippen LogP contribution in [0.4, 0.5) is 5.69 Å². The number of benzene rings is 2. The molecule has 2 aromatic carbocycles. The van der Waals surface area contributed by atoms with Gasteiger partial charge in [0.15, 0.2) is 11.5 Å². The Labute approximate surface area is 161 Å². The number of methoxy groups -OCH3 is 1. The van der Waals surface area contributed by atoms with Crippen molar-refractivity contribution < 1.29 is 19.4 Å². The number of aryl methyl sites for hydroxylation is 1. The van der Waals surface area contributed by atoms with Crippen molar-refractivity contribution in [1.29, 1.82) is 0 Å². The van der Waals surface area contributed by atoms with E-state index < -0.39 is 0 Å². The summed E-state index contributed by atoms with van der Waals surface area (Å²) in [6.07, 6.45) is 1.44. The fraction of sp³-hybridized carbons (Fsp3) is 0.211. The van der Waals surface area contributed by atoms with Gasteiger partial charge in [0.25, 0.3) is 0 Å². The first kappa shape index (κ1) is 20.3. The predicted molar refractivity (Wildman–Crippen MR) is 108 cm³/mol. The van der Waals surface area contributed by atoms with Crippen molar-refractivity contribution in [2.24, 2.45) is 5.10 Å². The average Bonchev–Trinajstić information content (AvgIpc) is 2.65. The summed E-state index contributed by atoms with van der Waals surface area (Å²) in [5.41, 5.74) is 4.89. The monoisotopic (exact) mass is 387 g/mol. The van der Waals surface area contributed by atoms with Gasteiger partial charge in [0, 0.05) is 5.69 Å². The number of ether oxygens (including phenoxy) is 1. The zero-order valence-electron chi connectivity index (χ0n) is 15.1. The second-order valence-corrected chi connectivity index (χ2v) is 6.62. The van der Waals surface area contributed by atoms with Crippen LogP contribution in [-0.2, 0) is 9.59 Å². The molecule has 0 saturated carbocycles. The van der Waals surface area contributed by atoms with E-state index >= 15 is 0 Å². The Hall–Kier alpha value is -3.00. The topological polar surface area (TPSA) is 100 Å². The summed E-state index contributed by atoms with van der Waals surface area (Å²) >= 11 is 1.20. The molecule has 3 N–H and O–H groups in total. The van der Waals surface area contributed by atoms with E-state index in [-0.39, 0.29) is 29.1 Å². The summed E-state index contributed by atoms with van der Waals surface area (Å²) in [4.78, 5) is 23.6. The van der Waals surface area contributed by atoms with Crippen LogP contribution in [0.25, 0.3) is 0 Å². The Morgan fingerprint density at radius 1 is 1.15 bits per heavy atom. The van der Waals surface area contributed by atoms with E-state index in [0.717, 1.165) is 11.3 Å². The highest BCUT2D eigenvalue weighted by Crippen LogP contribution is 2.25. The van der Waals surface area contributed by atoms with Crippen LogP contribution in [0.1, 0.15) is 11.1 Å². The molecular formula is C19H21N3O4S. The normalized spacial score (nSPS) is 10.6. The lowest BCUT2D eigenvalue weighted by Gasteiger charge is -2.05. The first-order valence-electron chi connectivity index (χ1n) is 8.11. The number of hydrazone groups is 1. The van der Waals surface area contributed by atoms with Crippen LogP contribution in [0.15, 0.2) is 47.6 Å². The van der Waals surface area contributed by atoms with Gasteiger partial charge in [-0.15, -0.1) is 11.8 Å². The zero-order chi connectivity index (χ0) is 19.6. The molecular weight excluding hydrogens is 366 g/mol. The lowest BCUT2D eigenvalue weighted by Crippen LogP contribution is -2.21. The third kappa shape index (κ3) is 7.02. The second kappa shape index (κ2) is 10.2. The summed E-state index contributed by atoms with van der Waals surface area (Å²) in [6.45, 7) is 1.97. The number of nitrogens with zero attached hydrogens (tertiary/aromatic N) is 1. The first-order valence-corrected chi connectivity index (χ1v) is 9.26. The van der Waals surface area contributed by atoms with Crippen LogP contribution in [0.3, 0.4) is 0 Å². The minimum absolute atomic E-state index is 0.0269. The van der Waals surface area contributed by atoms with E-state index in [1.165, 1.54) is 31.2 Å². The molecule has 7 nitrogen and oxygen atoms in total. The Bertz CT molecular complexity index is 822. The smallest absolute Gasteiger partial charge is 0.250 e. The molecule has 0 aromatic heterocycles. The highest BCUT2D eigenvalue weighted by atomic mass is 32.2. The molecule has 0 fully saturated rings. The lowest BCUT2D eigenvalue weighted by molar-refractivity contribution is -0.118. The molecule has 8 heteroatoms. The van der Waals surface area contributed by atoms with E-state index in [0.29, 0.717) is 11.3 Å². The Balaban J connectivity index is 1.70. The maximum Gasteiger partial charge on any atom is 0.250 e. The van der Waals surface area contributed by atoms with Crippen LogP contribution in [-0.4, -0.2) is 41.8 Å². The van der Waals surface area contributed by atoms with Crippen molar-refractivity contribution in [3.63, 3.8) is 0 Å². The van der Waals surface area contributed by atoms with Crippen LogP contribution in [0, 0.1) is 6.92 Å². The maximum atomic E-state index is 11.8. The van der Waals surface area contributed by atoms with Gasteiger partial charge in [-0.05, 0) is 42.8 Å². The molecule has 142 valence electrons. The number of thioether (sulfide) groups is 1. The van der Waals surface area contributed by atoms with E-state index in [4.69, 9.17) is 4.74 Å². The molecule has 0 aliphatic carbocycles. The summed E-state index contributed by atoms with van der Waals surface area (Å²) in [6, 6.07) is 12.2. The number of nitrogens with one attached hydrogen (secondary N) is 2. The first-order chi connectivity index (χ1) is 13.0. The minimum atomic E-state index is -0.315. The van der Waals surface area contributed by atoms with Crippen molar-refractivity contribution in [3.05, 3.63) is 53.6 Å². The van der Waals surface area contributed by atoms with Crippen molar-refractivity contribution in [1.82, 2.24) is 5.43 Å². The molecule has 0 unspecified atom stereocenters. The van der Waals surface area contributed by atoms with E-state index in [1.807, 2.05) is 31.2 Å². The van der Waals surface area contributed by atoms with Crippen LogP contribution in [0.2, 0.25) is 0 Å². The highest BCUT2D eigenvalue weighted by molar-refractivity contribution is 8.00. The summed E-state index contributed by atoms with van der Waals surface area (Å²) in [7, 11) is 1.45. The fourth-order valence-corrected chi connectivity index (χ4v) is 2.67. The molecule has 27 heavy (non-hydrogen) atoms. The number of phenolic OH excluding ortho intramolecular Hbond substituents is 1. The molecule has 0 radical (unpaired) electrons. The summed E-state index contributed by atoms with van der Waals surface area (Å²) < 4.78 is 5.00. The highest BCUT2D eigenvalue weighted by Gasteiger charge is 2.06. The number of carbonyl (C=O) groups excluding carboxylic acids is 2. The third-order valence-corrected chi connectivity index (χ3v) is 4.34. The molecule has 0 aliphatic rings. The molecule has 2 aromatic rings. The largest absolute Gasteiger partial charge is 0.504 e. The quantitative estimate of drug-likeness (QED) is 0.477. The van der Waals surface area contributed by atoms with Crippen LogP contribution >= 0.6 is 11.8 Å². The van der Waals surface area contributed by atoms with Crippen molar-refractivity contribution in [2.45, 2.75) is 6.92 Å². The molecule has 0 bridgehead atoms. The molecule has 0 spiro atoms. The SMILES string of the molecule is COc1cc(/C=N/NC(=O)CSCC(=O)Nc2ccc(C)cc2)ccc1O. The van der Waals surface area contributed by atoms with Gasteiger partial charge in [-0.25, -0.2) is 5.43 Å². The van der Waals surface area contributed by atoms with Gasteiger partial charge in [-0.3, -0.25) is 9.59 Å². The van der Waals surface area contributed by atoms with Crippen LogP contribution < -0.4 is 15.5 Å². The maximum absolute atomic E-state index is 11.8. The number of anilines is 1. The predicted octanol–water partition coefficient (Wildman–Crippen LogP) is 2.53. The third-order valence-electron chi connectivity index (χ3n) is 3.41. The van der Waals surface area contributed by atoms with Gasteiger partial charge in [0.2, 0.25) is 11.8 Å². The summed E-state index contributed by atoms with van der Waals surface area (Å²) in [5, 5.41) is 16.1. The van der Waals surface area contributed by atoms with Crippen molar-refractivity contribution >= 4 is 35.5 Å². The van der Waals surface area contributed by atoms with Crippen LogP contribution in [0.5, 0.6) is 11.5 Å². The lowest BCUT2D eigenvalue weighted by atomic mass is 10.2. The van der Waals surface area contributed by atoms with E-state index in [1.54, 1.807) is 12.1 Å². The van der Waals surface area contributed by atoms with E-state index in [2.05, 4.69) is 15.8 Å². The van der Waals surface area contributed by atoms with E-state index in [9.17, 15) is 14.7 Å². The standard InChI is InChI=1S/C19H21N3O4S/c1-13-3-6-15(7-4-13)21-18(24)11-27-12-19(25)22-20-10-14-5-8-16(23)17(9-14)26-2/h3-10,23H,11-12H2,1-2H3,(H,21,24)(H,22,25)/b20-10+. The number of amides is 2. The molecule has 0 atom stereocenters. The molecule has 2 amide bonds. The molecule has 0 aliphatic heterocycles. The van der Waals surface area contributed by atoms with Gasteiger partial charge >= 0.3 is 0 Å². The minimum Gasteiger partial charge on any atom is -0.504 e. The molecule has 2 rings (SSSR count). The number of aromatic hydroxyl groups is 1. The average molecular weight is 387 g/mol. The van der Waals surface area contributed by atoms with Gasteiger partial charge in [0.1, 0.15) is 0 Å². The zero-order valence-corrected chi connectivity index (χ0v) is 15.9. The number of rotatable bonds is 8. The number of hydrogen-bond donors (Lipinski definition) is 3. The van der Waals surface area contributed by atoms with Crippen molar-refractivity contribution in [3.8, 4) is 11.5 Å². The Morgan fingerprint density at radius 3 is 2.56 bits per heavy atom. The van der Waals surface area contributed by atoms with Gasteiger partial charge in [-0.1, -0.05) is 17.7 Å². The number of phenols is 1. The molecule has 0 heterocycles. The fourth-order valence-electron chi connectivity index (χ4n) is 2.06. The van der Waals surface area contributed by atoms with Gasteiger partial charge in [-0.2, -0.15) is 5.10 Å². The second-order valence-electron chi connectivity index (χ2n) is 5.63. The Kier molecular flexibility index (Phi) is 7.69. The number of hydrogen-bond acceptors (Lipinski definition) is 6. The number of carbonyl (C=O) groups is 2. The van der Waals surface area contributed by atoms with Gasteiger partial charge in [0.05, 0.1) is 24.8 Å². The Morgan fingerprint density at radius 2 is 1.85 bits per heavy atom. The molecule has 0 saturated heterocycles. The van der Waals surface area contributed by atoms with Gasteiger partial charge < -0.3 is 15.2 Å². The van der Waals surface area contributed by atoms with Crippen molar-refractivity contribution in [2.75, 3.05) is 23.9 Å².